The zero-order chi connectivity index (χ0) is 20.8. The van der Waals surface area contributed by atoms with Crippen molar-refractivity contribution in [3.63, 3.8) is 0 Å². The van der Waals surface area contributed by atoms with Crippen LogP contribution in [-0.2, 0) is 4.79 Å². The fourth-order valence-corrected chi connectivity index (χ4v) is 3.93. The van der Waals surface area contributed by atoms with E-state index in [4.69, 9.17) is 23.2 Å². The lowest BCUT2D eigenvalue weighted by molar-refractivity contribution is -0.120. The van der Waals surface area contributed by atoms with Crippen LogP contribution >= 0.6 is 35.1 Å². The van der Waals surface area contributed by atoms with Crippen LogP contribution in [0.1, 0.15) is 23.3 Å². The Bertz CT molecular complexity index is 850. The largest absolute Gasteiger partial charge is 0.350 e. The van der Waals surface area contributed by atoms with E-state index < -0.39 is 0 Å². The van der Waals surface area contributed by atoms with Gasteiger partial charge < -0.3 is 10.6 Å². The van der Waals surface area contributed by atoms with E-state index in [2.05, 4.69) is 30.5 Å². The van der Waals surface area contributed by atoms with E-state index >= 15 is 0 Å². The Balaban J connectivity index is 1.56. The van der Waals surface area contributed by atoms with Crippen molar-refractivity contribution < 1.29 is 9.59 Å². The second-order valence-electron chi connectivity index (χ2n) is 6.63. The number of nitrogens with zero attached hydrogens (tertiary/aromatic N) is 2. The maximum atomic E-state index is 12.7. The summed E-state index contributed by atoms with van der Waals surface area (Å²) in [6.45, 7) is 1.86. The van der Waals surface area contributed by atoms with Crippen LogP contribution in [0.5, 0.6) is 0 Å². The number of rotatable bonds is 7. The summed E-state index contributed by atoms with van der Waals surface area (Å²) in [7, 11) is 0. The van der Waals surface area contributed by atoms with E-state index in [0.717, 1.165) is 25.9 Å². The lowest BCUT2D eigenvalue weighted by atomic mass is 10.0. The summed E-state index contributed by atoms with van der Waals surface area (Å²) in [4.78, 5) is 26.5. The molecule has 4 N–H and O–H groups in total. The fourth-order valence-electron chi connectivity index (χ4n) is 3.15. The molecule has 2 heterocycles. The van der Waals surface area contributed by atoms with Crippen molar-refractivity contribution in [2.45, 2.75) is 18.9 Å². The first-order valence-electron chi connectivity index (χ1n) is 9.07. The number of nitrogens with one attached hydrogen (secondary N) is 4. The SMILES string of the molecule is CSNC(=O)CN1CCC(NC(=O)c2[nH]ncc2Nc2c(Cl)cccc2Cl)CC1. The van der Waals surface area contributed by atoms with Crippen LogP contribution in [0, 0.1) is 0 Å². The Hall–Kier alpha value is -1.94. The monoisotopic (exact) mass is 456 g/mol. The molecule has 2 aromatic rings. The minimum Gasteiger partial charge on any atom is -0.350 e. The summed E-state index contributed by atoms with van der Waals surface area (Å²) in [5, 5.41) is 13.7. The first kappa shape index (κ1) is 21.8. The van der Waals surface area contributed by atoms with Crippen molar-refractivity contribution in [2.24, 2.45) is 0 Å². The molecular weight excluding hydrogens is 435 g/mol. The molecule has 2 amide bonds. The maximum Gasteiger partial charge on any atom is 0.271 e. The zero-order valence-corrected chi connectivity index (χ0v) is 18.1. The molecule has 1 fully saturated rings. The van der Waals surface area contributed by atoms with E-state index in [9.17, 15) is 9.59 Å². The number of amides is 2. The first-order valence-corrected chi connectivity index (χ1v) is 11.1. The van der Waals surface area contributed by atoms with Gasteiger partial charge >= 0.3 is 0 Å². The smallest absolute Gasteiger partial charge is 0.271 e. The van der Waals surface area contributed by atoms with Gasteiger partial charge in [-0.15, -0.1) is 0 Å². The lowest BCUT2D eigenvalue weighted by Gasteiger charge is -2.31. The number of anilines is 2. The average Bonchev–Trinajstić information content (AvgIpc) is 3.15. The van der Waals surface area contributed by atoms with Gasteiger partial charge in [0, 0.05) is 25.4 Å². The molecule has 1 saturated heterocycles. The van der Waals surface area contributed by atoms with Crippen molar-refractivity contribution in [3.8, 4) is 0 Å². The number of aromatic amines is 1. The third kappa shape index (κ3) is 5.79. The number of piperidine rings is 1. The van der Waals surface area contributed by atoms with Crippen LogP contribution in [0.3, 0.4) is 0 Å². The summed E-state index contributed by atoms with van der Waals surface area (Å²) >= 11 is 13.7. The Morgan fingerprint density at radius 1 is 1.28 bits per heavy atom. The predicted octanol–water partition coefficient (Wildman–Crippen LogP) is 3.05. The molecule has 0 saturated carbocycles. The van der Waals surface area contributed by atoms with Crippen LogP contribution in [-0.4, -0.2) is 58.8 Å². The molecule has 29 heavy (non-hydrogen) atoms. The molecule has 0 aliphatic carbocycles. The van der Waals surface area contributed by atoms with Crippen molar-refractivity contribution in [3.05, 3.63) is 40.1 Å². The van der Waals surface area contributed by atoms with Gasteiger partial charge in [-0.3, -0.25) is 24.3 Å². The van der Waals surface area contributed by atoms with Crippen LogP contribution < -0.4 is 15.4 Å². The fraction of sp³-hybridized carbons (Fsp3) is 0.389. The van der Waals surface area contributed by atoms with Crippen LogP contribution in [0.25, 0.3) is 0 Å². The highest BCUT2D eigenvalue weighted by Gasteiger charge is 2.24. The third-order valence-electron chi connectivity index (χ3n) is 4.59. The first-order chi connectivity index (χ1) is 14.0. The van der Waals surface area contributed by atoms with Gasteiger partial charge in [0.05, 0.1) is 34.2 Å². The molecule has 1 aliphatic rings. The highest BCUT2D eigenvalue weighted by Crippen LogP contribution is 2.33. The third-order valence-corrected chi connectivity index (χ3v) is 5.66. The van der Waals surface area contributed by atoms with Gasteiger partial charge in [0.15, 0.2) is 0 Å². The van der Waals surface area contributed by atoms with Gasteiger partial charge in [0.2, 0.25) is 5.91 Å². The highest BCUT2D eigenvalue weighted by molar-refractivity contribution is 7.97. The average molecular weight is 457 g/mol. The quantitative estimate of drug-likeness (QED) is 0.477. The molecule has 8 nitrogen and oxygen atoms in total. The zero-order valence-electron chi connectivity index (χ0n) is 15.8. The number of hydrogen-bond donors (Lipinski definition) is 4. The van der Waals surface area contributed by atoms with Crippen molar-refractivity contribution in [1.82, 2.24) is 25.1 Å². The van der Waals surface area contributed by atoms with Crippen LogP contribution in [0.15, 0.2) is 24.4 Å². The van der Waals surface area contributed by atoms with Gasteiger partial charge in [0.1, 0.15) is 5.69 Å². The van der Waals surface area contributed by atoms with Crippen LogP contribution in [0.4, 0.5) is 11.4 Å². The lowest BCUT2D eigenvalue weighted by Crippen LogP contribution is -2.47. The molecule has 0 spiro atoms. The van der Waals surface area contributed by atoms with Gasteiger partial charge in [-0.25, -0.2) is 0 Å². The number of likely N-dealkylation sites (tertiary alicyclic amines) is 1. The molecule has 0 atom stereocenters. The molecule has 1 aromatic carbocycles. The molecular formula is C18H22Cl2N6O2S. The minimum atomic E-state index is -0.258. The standard InChI is InChI=1S/C18H22Cl2N6O2S/c1-29-25-15(27)10-26-7-5-11(6-8-26)22-18(28)17-14(9-21-24-17)23-16-12(19)3-2-4-13(16)20/h2-4,9,11,23H,5-8,10H2,1H3,(H,21,24)(H,22,28)(H,25,27). The molecule has 1 aromatic heterocycles. The minimum absolute atomic E-state index is 0.00797. The van der Waals surface area contributed by atoms with Crippen LogP contribution in [0.2, 0.25) is 10.0 Å². The summed E-state index contributed by atoms with van der Waals surface area (Å²) < 4.78 is 2.72. The Labute approximate surface area is 183 Å². The second-order valence-corrected chi connectivity index (χ2v) is 8.06. The highest BCUT2D eigenvalue weighted by atomic mass is 35.5. The van der Waals surface area contributed by atoms with E-state index in [0.29, 0.717) is 33.7 Å². The number of halogens is 2. The molecule has 0 bridgehead atoms. The van der Waals surface area contributed by atoms with Gasteiger partial charge in [-0.05, 0) is 25.0 Å². The number of H-pyrrole nitrogens is 1. The molecule has 1 aliphatic heterocycles. The molecule has 11 heteroatoms. The predicted molar refractivity (Wildman–Crippen MR) is 117 cm³/mol. The maximum absolute atomic E-state index is 12.7. The molecule has 3 rings (SSSR count). The normalized spacial score (nSPS) is 15.1. The Morgan fingerprint density at radius 3 is 2.62 bits per heavy atom. The van der Waals surface area contributed by atoms with E-state index in [1.54, 1.807) is 18.2 Å². The molecule has 156 valence electrons. The number of aromatic nitrogens is 2. The van der Waals surface area contributed by atoms with E-state index in [1.807, 2.05) is 6.26 Å². The van der Waals surface area contributed by atoms with E-state index in [-0.39, 0.29) is 17.9 Å². The van der Waals surface area contributed by atoms with Crippen molar-refractivity contribution >= 4 is 58.3 Å². The molecule has 0 radical (unpaired) electrons. The Kier molecular flexibility index (Phi) is 7.65. The summed E-state index contributed by atoms with van der Waals surface area (Å²) in [5.41, 5.74) is 1.31. The van der Waals surface area contributed by atoms with Gasteiger partial charge in [-0.2, -0.15) is 5.10 Å². The number of para-hydroxylation sites is 1. The van der Waals surface area contributed by atoms with Gasteiger partial charge in [0.25, 0.3) is 5.91 Å². The number of hydrogen-bond acceptors (Lipinski definition) is 6. The topological polar surface area (TPSA) is 102 Å². The summed E-state index contributed by atoms with van der Waals surface area (Å²) in [5.74, 6) is -0.266. The second kappa shape index (κ2) is 10.2. The number of carbonyl (C=O) groups is 2. The number of benzene rings is 1. The van der Waals surface area contributed by atoms with E-state index in [1.165, 1.54) is 18.1 Å². The summed E-state index contributed by atoms with van der Waals surface area (Å²) in [6, 6.07) is 5.20. The van der Waals surface area contributed by atoms with Crippen molar-refractivity contribution in [1.29, 1.82) is 0 Å². The van der Waals surface area contributed by atoms with Crippen molar-refractivity contribution in [2.75, 3.05) is 31.2 Å². The summed E-state index contributed by atoms with van der Waals surface area (Å²) in [6.07, 6.45) is 4.87. The molecule has 0 unspecified atom stereocenters. The number of carbonyl (C=O) groups excluding carboxylic acids is 2. The van der Waals surface area contributed by atoms with Gasteiger partial charge in [-0.1, -0.05) is 41.2 Å². The Morgan fingerprint density at radius 2 is 1.97 bits per heavy atom.